The quantitative estimate of drug-likeness (QED) is 0.370. The highest BCUT2D eigenvalue weighted by molar-refractivity contribution is 5.95. The van der Waals surface area contributed by atoms with Gasteiger partial charge < -0.3 is 9.47 Å². The Morgan fingerprint density at radius 1 is 0.571 bits per heavy atom. The molecule has 0 spiro atoms. The molecular weight excluding hydrogens is 352 g/mol. The number of carbonyl (C=O) groups excluding carboxylic acids is 2. The topological polar surface area (TPSA) is 52.6 Å². The van der Waals surface area contributed by atoms with Crippen molar-refractivity contribution in [2.24, 2.45) is 0 Å². The van der Waals surface area contributed by atoms with Crippen LogP contribution in [-0.4, -0.2) is 25.2 Å². The zero-order valence-electron chi connectivity index (χ0n) is 15.8. The molecule has 3 aromatic rings. The lowest BCUT2D eigenvalue weighted by Gasteiger charge is -2.07. The number of rotatable bonds is 9. The van der Waals surface area contributed by atoms with Crippen LogP contribution < -0.4 is 0 Å². The molecule has 0 unspecified atom stereocenters. The predicted octanol–water partition coefficient (Wildman–Crippen LogP) is 5.41. The van der Waals surface area contributed by atoms with Crippen LogP contribution >= 0.6 is 0 Å². The van der Waals surface area contributed by atoms with Gasteiger partial charge in [0.05, 0.1) is 24.3 Å². The Hall–Kier alpha value is -3.14. The first-order valence-corrected chi connectivity index (χ1v) is 9.62. The maximum absolute atomic E-state index is 12.2. The zero-order chi connectivity index (χ0) is 19.6. The average Bonchev–Trinajstić information content (AvgIpc) is 2.75. The summed E-state index contributed by atoms with van der Waals surface area (Å²) in [5, 5.41) is 2.13. The van der Waals surface area contributed by atoms with Crippen LogP contribution in [0, 0.1) is 0 Å². The molecule has 0 amide bonds. The van der Waals surface area contributed by atoms with Crippen molar-refractivity contribution in [3.63, 3.8) is 0 Å². The number of unbranched alkanes of at least 4 members (excludes halogenated alkanes) is 3. The number of ether oxygens (including phenoxy) is 2. The third kappa shape index (κ3) is 5.68. The average molecular weight is 376 g/mol. The first-order chi connectivity index (χ1) is 13.7. The number of esters is 2. The zero-order valence-corrected chi connectivity index (χ0v) is 15.8. The van der Waals surface area contributed by atoms with Crippen molar-refractivity contribution >= 4 is 22.7 Å². The molecule has 0 saturated carbocycles. The van der Waals surface area contributed by atoms with Crippen LogP contribution in [0.5, 0.6) is 0 Å². The molecule has 0 fully saturated rings. The third-order valence-corrected chi connectivity index (χ3v) is 4.50. The van der Waals surface area contributed by atoms with Gasteiger partial charge in [0.25, 0.3) is 0 Å². The van der Waals surface area contributed by atoms with Gasteiger partial charge in [0, 0.05) is 0 Å². The van der Waals surface area contributed by atoms with E-state index in [4.69, 9.17) is 9.47 Å². The molecular formula is C24H24O4. The third-order valence-electron chi connectivity index (χ3n) is 4.50. The van der Waals surface area contributed by atoms with Crippen molar-refractivity contribution < 1.29 is 19.1 Å². The van der Waals surface area contributed by atoms with Crippen molar-refractivity contribution in [2.45, 2.75) is 25.7 Å². The van der Waals surface area contributed by atoms with Crippen molar-refractivity contribution in [1.82, 2.24) is 0 Å². The molecule has 3 rings (SSSR count). The second-order valence-electron chi connectivity index (χ2n) is 6.61. The van der Waals surface area contributed by atoms with Gasteiger partial charge in [0.15, 0.2) is 0 Å². The largest absolute Gasteiger partial charge is 0.462 e. The first kappa shape index (κ1) is 19.6. The van der Waals surface area contributed by atoms with E-state index in [9.17, 15) is 9.59 Å². The Labute approximate surface area is 165 Å². The summed E-state index contributed by atoms with van der Waals surface area (Å²) in [7, 11) is 0. The lowest BCUT2D eigenvalue weighted by atomic mass is 10.1. The van der Waals surface area contributed by atoms with E-state index in [0.717, 1.165) is 36.5 Å². The summed E-state index contributed by atoms with van der Waals surface area (Å²) >= 11 is 0. The molecule has 0 heterocycles. The van der Waals surface area contributed by atoms with Gasteiger partial charge in [-0.15, -0.1) is 0 Å². The minimum Gasteiger partial charge on any atom is -0.462 e. The van der Waals surface area contributed by atoms with Crippen molar-refractivity contribution in [3.05, 3.63) is 83.9 Å². The molecule has 0 radical (unpaired) electrons. The number of carbonyl (C=O) groups is 2. The van der Waals surface area contributed by atoms with E-state index in [2.05, 4.69) is 0 Å². The van der Waals surface area contributed by atoms with Gasteiger partial charge in [0.1, 0.15) is 0 Å². The minimum atomic E-state index is -0.289. The van der Waals surface area contributed by atoms with Crippen LogP contribution in [0.3, 0.4) is 0 Å². The van der Waals surface area contributed by atoms with E-state index in [1.807, 2.05) is 54.6 Å². The molecule has 0 N–H and O–H groups in total. The van der Waals surface area contributed by atoms with Crippen molar-refractivity contribution in [1.29, 1.82) is 0 Å². The fourth-order valence-electron chi connectivity index (χ4n) is 2.94. The second-order valence-corrected chi connectivity index (χ2v) is 6.61. The van der Waals surface area contributed by atoms with E-state index < -0.39 is 0 Å². The Morgan fingerprint density at radius 3 is 1.82 bits per heavy atom. The highest BCUT2D eigenvalue weighted by atomic mass is 16.5. The van der Waals surface area contributed by atoms with E-state index in [-0.39, 0.29) is 11.9 Å². The molecule has 0 saturated heterocycles. The summed E-state index contributed by atoms with van der Waals surface area (Å²) in [6.07, 6.45) is 3.45. The highest BCUT2D eigenvalue weighted by Gasteiger charge is 2.08. The summed E-state index contributed by atoms with van der Waals surface area (Å²) in [4.78, 5) is 23.9. The van der Waals surface area contributed by atoms with Gasteiger partial charge in [-0.1, -0.05) is 48.5 Å². The predicted molar refractivity (Wildman–Crippen MR) is 109 cm³/mol. The molecule has 0 aliphatic rings. The summed E-state index contributed by atoms with van der Waals surface area (Å²) in [5.41, 5.74) is 1.15. The number of fused-ring (bicyclic) bond motifs is 1. The van der Waals surface area contributed by atoms with E-state index in [1.54, 1.807) is 18.2 Å². The SMILES string of the molecule is O=C(OCCCCCCOC(=O)c1ccc2ccccc2c1)c1ccccc1. The molecule has 3 aromatic carbocycles. The Balaban J connectivity index is 1.28. The van der Waals surface area contributed by atoms with Crippen LogP contribution in [0.15, 0.2) is 72.8 Å². The minimum absolute atomic E-state index is 0.287. The second kappa shape index (κ2) is 10.3. The van der Waals surface area contributed by atoms with Gasteiger partial charge in [-0.25, -0.2) is 9.59 Å². The molecule has 4 heteroatoms. The van der Waals surface area contributed by atoms with Crippen LogP contribution in [0.4, 0.5) is 0 Å². The molecule has 0 bridgehead atoms. The number of hydrogen-bond donors (Lipinski definition) is 0. The highest BCUT2D eigenvalue weighted by Crippen LogP contribution is 2.16. The fraction of sp³-hybridized carbons (Fsp3) is 0.250. The summed E-state index contributed by atoms with van der Waals surface area (Å²) in [6, 6.07) is 22.5. The molecule has 4 nitrogen and oxygen atoms in total. The van der Waals surface area contributed by atoms with E-state index in [1.165, 1.54) is 0 Å². The van der Waals surface area contributed by atoms with Crippen molar-refractivity contribution in [2.75, 3.05) is 13.2 Å². The van der Waals surface area contributed by atoms with E-state index >= 15 is 0 Å². The summed E-state index contributed by atoms with van der Waals surface area (Å²) in [6.45, 7) is 0.806. The van der Waals surface area contributed by atoms with E-state index in [0.29, 0.717) is 24.3 Å². The molecule has 28 heavy (non-hydrogen) atoms. The van der Waals surface area contributed by atoms with Gasteiger partial charge in [-0.05, 0) is 60.7 Å². The van der Waals surface area contributed by atoms with Gasteiger partial charge in [0.2, 0.25) is 0 Å². The Bertz CT molecular complexity index is 918. The standard InChI is InChI=1S/C24H24O4/c25-23(20-11-4-3-5-12-20)27-16-8-1-2-9-17-28-24(26)22-15-14-19-10-6-7-13-21(19)18-22/h3-7,10-15,18H,1-2,8-9,16-17H2. The van der Waals surface area contributed by atoms with Crippen LogP contribution in [0.1, 0.15) is 46.4 Å². The van der Waals surface area contributed by atoms with Crippen molar-refractivity contribution in [3.8, 4) is 0 Å². The maximum Gasteiger partial charge on any atom is 0.338 e. The van der Waals surface area contributed by atoms with Crippen LogP contribution in [-0.2, 0) is 9.47 Å². The monoisotopic (exact) mass is 376 g/mol. The number of benzene rings is 3. The smallest absolute Gasteiger partial charge is 0.338 e. The van der Waals surface area contributed by atoms with Gasteiger partial charge in [-0.3, -0.25) is 0 Å². The Kier molecular flexibility index (Phi) is 7.19. The lowest BCUT2D eigenvalue weighted by Crippen LogP contribution is -2.07. The van der Waals surface area contributed by atoms with Gasteiger partial charge >= 0.3 is 11.9 Å². The molecule has 0 aliphatic heterocycles. The summed E-state index contributed by atoms with van der Waals surface area (Å²) in [5.74, 6) is -0.576. The molecule has 0 aromatic heterocycles. The van der Waals surface area contributed by atoms with Crippen LogP contribution in [0.25, 0.3) is 10.8 Å². The lowest BCUT2D eigenvalue weighted by molar-refractivity contribution is 0.0474. The fourth-order valence-corrected chi connectivity index (χ4v) is 2.94. The normalized spacial score (nSPS) is 10.6. The number of hydrogen-bond acceptors (Lipinski definition) is 4. The Morgan fingerprint density at radius 2 is 1.14 bits per heavy atom. The maximum atomic E-state index is 12.2. The molecule has 144 valence electrons. The first-order valence-electron chi connectivity index (χ1n) is 9.62. The van der Waals surface area contributed by atoms with Crippen LogP contribution in [0.2, 0.25) is 0 Å². The molecule has 0 atom stereocenters. The van der Waals surface area contributed by atoms with Gasteiger partial charge in [-0.2, -0.15) is 0 Å². The summed E-state index contributed by atoms with van der Waals surface area (Å²) < 4.78 is 10.6. The molecule has 0 aliphatic carbocycles.